The molecule has 0 atom stereocenters. The molecule has 1 aromatic heterocycles. The fraction of sp³-hybridized carbons (Fsp3) is 0.700. The molecule has 1 fully saturated rings. The van der Waals surface area contributed by atoms with E-state index in [0.29, 0.717) is 11.0 Å². The van der Waals surface area contributed by atoms with Crippen LogP contribution >= 0.6 is 23.5 Å². The first-order valence-electron chi connectivity index (χ1n) is 5.69. The molecular formula is C10H15N3O3S2. The lowest BCUT2D eigenvalue weighted by Gasteiger charge is -2.24. The van der Waals surface area contributed by atoms with E-state index < -0.39 is 5.97 Å². The van der Waals surface area contributed by atoms with Gasteiger partial charge in [-0.1, -0.05) is 11.8 Å². The zero-order chi connectivity index (χ0) is 13.0. The first kappa shape index (κ1) is 13.7. The molecule has 0 spiro atoms. The van der Waals surface area contributed by atoms with Gasteiger partial charge in [0, 0.05) is 6.04 Å². The number of carboxylic acids is 1. The van der Waals surface area contributed by atoms with Gasteiger partial charge in [0.25, 0.3) is 0 Å². The Labute approximate surface area is 113 Å². The molecule has 0 aromatic carbocycles. The fourth-order valence-corrected chi connectivity index (χ4v) is 3.78. The zero-order valence-electron chi connectivity index (χ0n) is 9.78. The van der Waals surface area contributed by atoms with Crippen molar-refractivity contribution in [3.63, 3.8) is 0 Å². The van der Waals surface area contributed by atoms with E-state index >= 15 is 0 Å². The number of nitrogens with zero attached hydrogens (tertiary/aromatic N) is 3. The van der Waals surface area contributed by atoms with Crippen molar-refractivity contribution in [1.82, 2.24) is 14.8 Å². The molecule has 0 radical (unpaired) electrons. The standard InChI is InChI=1S/C10H15N3O3S2/c14-5-8-11-12-10(18-6-9(15)16)13(8)7-1-3-17-4-2-7/h7,14H,1-6H2,(H,15,16). The molecule has 6 nitrogen and oxygen atoms in total. The van der Waals surface area contributed by atoms with Crippen LogP contribution in [0, 0.1) is 0 Å². The van der Waals surface area contributed by atoms with Crippen LogP contribution in [-0.2, 0) is 11.4 Å². The molecule has 0 unspecified atom stereocenters. The highest BCUT2D eigenvalue weighted by molar-refractivity contribution is 7.99. The van der Waals surface area contributed by atoms with Crippen LogP contribution in [0.2, 0.25) is 0 Å². The Bertz CT molecular complexity index is 419. The maximum atomic E-state index is 10.6. The summed E-state index contributed by atoms with van der Waals surface area (Å²) in [6, 6.07) is 0.277. The minimum atomic E-state index is -0.876. The molecule has 1 aliphatic heterocycles. The monoisotopic (exact) mass is 289 g/mol. The smallest absolute Gasteiger partial charge is 0.313 e. The number of aliphatic hydroxyl groups is 1. The Hall–Kier alpha value is -0.730. The van der Waals surface area contributed by atoms with Crippen LogP contribution in [0.4, 0.5) is 0 Å². The van der Waals surface area contributed by atoms with Gasteiger partial charge >= 0.3 is 5.97 Å². The van der Waals surface area contributed by atoms with E-state index in [-0.39, 0.29) is 18.4 Å². The first-order valence-corrected chi connectivity index (χ1v) is 7.83. The Morgan fingerprint density at radius 2 is 2.17 bits per heavy atom. The summed E-state index contributed by atoms with van der Waals surface area (Å²) in [5.41, 5.74) is 0. The maximum Gasteiger partial charge on any atom is 0.313 e. The lowest BCUT2D eigenvalue weighted by molar-refractivity contribution is -0.133. The molecule has 18 heavy (non-hydrogen) atoms. The Balaban J connectivity index is 2.18. The van der Waals surface area contributed by atoms with Crippen LogP contribution in [0.15, 0.2) is 5.16 Å². The Morgan fingerprint density at radius 3 is 2.78 bits per heavy atom. The number of hydrogen-bond donors (Lipinski definition) is 2. The average molecular weight is 289 g/mol. The van der Waals surface area contributed by atoms with Crippen LogP contribution in [-0.4, -0.2) is 48.2 Å². The van der Waals surface area contributed by atoms with Gasteiger partial charge in [-0.3, -0.25) is 4.79 Å². The van der Waals surface area contributed by atoms with Gasteiger partial charge < -0.3 is 14.8 Å². The van der Waals surface area contributed by atoms with E-state index in [0.717, 1.165) is 36.1 Å². The van der Waals surface area contributed by atoms with Crippen molar-refractivity contribution in [3.05, 3.63) is 5.82 Å². The number of rotatable bonds is 5. The Kier molecular flexibility index (Phi) is 4.90. The third-order valence-corrected chi connectivity index (χ3v) is 4.73. The summed E-state index contributed by atoms with van der Waals surface area (Å²) in [5, 5.41) is 26.5. The zero-order valence-corrected chi connectivity index (χ0v) is 11.4. The van der Waals surface area contributed by atoms with Gasteiger partial charge in [-0.25, -0.2) is 0 Å². The quantitative estimate of drug-likeness (QED) is 0.782. The molecule has 1 aromatic rings. The number of carbonyl (C=O) groups is 1. The number of hydrogen-bond acceptors (Lipinski definition) is 6. The molecule has 2 heterocycles. The van der Waals surface area contributed by atoms with Crippen LogP contribution in [0.5, 0.6) is 0 Å². The molecule has 0 amide bonds. The van der Waals surface area contributed by atoms with E-state index in [1.807, 2.05) is 16.3 Å². The van der Waals surface area contributed by atoms with Gasteiger partial charge in [0.2, 0.25) is 0 Å². The fourth-order valence-electron chi connectivity index (χ4n) is 1.95. The van der Waals surface area contributed by atoms with E-state index in [4.69, 9.17) is 5.11 Å². The Morgan fingerprint density at radius 1 is 1.44 bits per heavy atom. The van der Waals surface area contributed by atoms with Crippen LogP contribution < -0.4 is 0 Å². The highest BCUT2D eigenvalue weighted by Crippen LogP contribution is 2.31. The minimum Gasteiger partial charge on any atom is -0.481 e. The van der Waals surface area contributed by atoms with Crippen LogP contribution in [0.3, 0.4) is 0 Å². The summed E-state index contributed by atoms with van der Waals surface area (Å²) >= 11 is 3.07. The van der Waals surface area contributed by atoms with E-state index in [1.165, 1.54) is 0 Å². The van der Waals surface area contributed by atoms with Gasteiger partial charge in [0.1, 0.15) is 6.61 Å². The molecular weight excluding hydrogens is 274 g/mol. The molecule has 1 aliphatic rings. The minimum absolute atomic E-state index is 0.0367. The number of aliphatic carboxylic acids is 1. The topological polar surface area (TPSA) is 88.2 Å². The SMILES string of the molecule is O=C(O)CSc1nnc(CO)n1C1CCSCC1. The molecule has 0 aliphatic carbocycles. The van der Waals surface area contributed by atoms with E-state index in [1.54, 1.807) is 0 Å². The number of carboxylic acid groups (broad SMARTS) is 1. The second-order valence-corrected chi connectivity index (χ2v) is 6.12. The van der Waals surface area contributed by atoms with Crippen molar-refractivity contribution in [3.8, 4) is 0 Å². The largest absolute Gasteiger partial charge is 0.481 e. The summed E-state index contributed by atoms with van der Waals surface area (Å²) < 4.78 is 1.91. The van der Waals surface area contributed by atoms with Crippen LogP contribution in [0.25, 0.3) is 0 Å². The highest BCUT2D eigenvalue weighted by Gasteiger charge is 2.23. The molecule has 0 bridgehead atoms. The van der Waals surface area contributed by atoms with Crippen molar-refractivity contribution in [1.29, 1.82) is 0 Å². The highest BCUT2D eigenvalue weighted by atomic mass is 32.2. The summed E-state index contributed by atoms with van der Waals surface area (Å²) in [6.07, 6.45) is 2.02. The number of aromatic nitrogens is 3. The van der Waals surface area contributed by atoms with Crippen molar-refractivity contribution in [2.75, 3.05) is 17.3 Å². The molecule has 0 saturated carbocycles. The second kappa shape index (κ2) is 6.44. The predicted molar refractivity (Wildman–Crippen MR) is 69.9 cm³/mol. The third-order valence-electron chi connectivity index (χ3n) is 2.76. The first-order chi connectivity index (χ1) is 8.72. The predicted octanol–water partition coefficient (Wildman–Crippen LogP) is 1.02. The van der Waals surface area contributed by atoms with Gasteiger partial charge in [-0.15, -0.1) is 10.2 Å². The van der Waals surface area contributed by atoms with Gasteiger partial charge in [-0.2, -0.15) is 11.8 Å². The number of thioether (sulfide) groups is 2. The normalized spacial score (nSPS) is 16.9. The summed E-state index contributed by atoms with van der Waals surface area (Å²) in [5.74, 6) is 1.78. The van der Waals surface area contributed by atoms with Gasteiger partial charge in [-0.05, 0) is 24.3 Å². The second-order valence-electron chi connectivity index (χ2n) is 3.95. The molecule has 1 saturated heterocycles. The molecule has 2 N–H and O–H groups in total. The molecule has 8 heteroatoms. The van der Waals surface area contributed by atoms with Crippen molar-refractivity contribution < 1.29 is 15.0 Å². The molecule has 100 valence electrons. The lowest BCUT2D eigenvalue weighted by Crippen LogP contribution is -2.18. The summed E-state index contributed by atoms with van der Waals surface area (Å²) in [4.78, 5) is 10.6. The van der Waals surface area contributed by atoms with Crippen molar-refractivity contribution in [2.45, 2.75) is 30.6 Å². The maximum absolute atomic E-state index is 10.6. The van der Waals surface area contributed by atoms with Crippen molar-refractivity contribution >= 4 is 29.5 Å². The van der Waals surface area contributed by atoms with Gasteiger partial charge in [0.05, 0.1) is 5.75 Å². The summed E-state index contributed by atoms with van der Waals surface area (Å²) in [6.45, 7) is -0.162. The lowest BCUT2D eigenvalue weighted by atomic mass is 10.1. The molecule has 2 rings (SSSR count). The number of aliphatic hydroxyl groups excluding tert-OH is 1. The summed E-state index contributed by atoms with van der Waals surface area (Å²) in [7, 11) is 0. The van der Waals surface area contributed by atoms with Crippen molar-refractivity contribution in [2.24, 2.45) is 0 Å². The van der Waals surface area contributed by atoms with Gasteiger partial charge in [0.15, 0.2) is 11.0 Å². The van der Waals surface area contributed by atoms with E-state index in [9.17, 15) is 9.90 Å². The van der Waals surface area contributed by atoms with E-state index in [2.05, 4.69) is 10.2 Å². The third kappa shape index (κ3) is 3.18. The van der Waals surface area contributed by atoms with Crippen LogP contribution in [0.1, 0.15) is 24.7 Å². The average Bonchev–Trinajstić information content (AvgIpc) is 2.80.